The van der Waals surface area contributed by atoms with Crippen LogP contribution in [0.2, 0.25) is 0 Å². The van der Waals surface area contributed by atoms with Gasteiger partial charge >= 0.3 is 6.61 Å². The van der Waals surface area contributed by atoms with Crippen LogP contribution in [0.3, 0.4) is 0 Å². The Morgan fingerprint density at radius 2 is 2.20 bits per heavy atom. The standard InChI is InChI=1S/C14H19F2N3O/c1-19-10-4-8-17-14(19)18-9-7-11-5-2-3-6-12(11)20-13(15)16/h2-3,5-6,13H,4,7-10H2,1H3,(H,17,18). The number of hydrogen-bond acceptors (Lipinski definition) is 4. The molecule has 1 aromatic carbocycles. The first-order chi connectivity index (χ1) is 9.66. The molecule has 0 radical (unpaired) electrons. The molecule has 110 valence electrons. The van der Waals surface area contributed by atoms with E-state index in [0.29, 0.717) is 13.0 Å². The molecule has 6 heteroatoms. The topological polar surface area (TPSA) is 36.9 Å². The highest BCUT2D eigenvalue weighted by Crippen LogP contribution is 2.20. The summed E-state index contributed by atoms with van der Waals surface area (Å²) in [4.78, 5) is 6.45. The largest absolute Gasteiger partial charge is 0.435 e. The third-order valence-electron chi connectivity index (χ3n) is 3.14. The molecule has 0 saturated heterocycles. The molecule has 0 fully saturated rings. The number of para-hydroxylation sites is 1. The van der Waals surface area contributed by atoms with Crippen molar-refractivity contribution in [3.8, 4) is 5.75 Å². The molecule has 0 saturated carbocycles. The molecule has 4 nitrogen and oxygen atoms in total. The van der Waals surface area contributed by atoms with Gasteiger partial charge < -0.3 is 15.0 Å². The SMILES string of the molecule is CN1CCCN=C1NCCc1ccccc1OC(F)F. The highest BCUT2D eigenvalue weighted by Gasteiger charge is 2.11. The number of hydrogen-bond donors (Lipinski definition) is 1. The number of nitrogens with one attached hydrogen (secondary N) is 1. The summed E-state index contributed by atoms with van der Waals surface area (Å²) < 4.78 is 29.1. The lowest BCUT2D eigenvalue weighted by Gasteiger charge is -2.25. The van der Waals surface area contributed by atoms with Gasteiger partial charge in [-0.3, -0.25) is 4.99 Å². The molecule has 1 heterocycles. The maximum absolute atomic E-state index is 12.3. The highest BCUT2D eigenvalue weighted by atomic mass is 19.3. The van der Waals surface area contributed by atoms with Crippen LogP contribution >= 0.6 is 0 Å². The van der Waals surface area contributed by atoms with Gasteiger partial charge in [-0.15, -0.1) is 0 Å². The van der Waals surface area contributed by atoms with E-state index >= 15 is 0 Å². The van der Waals surface area contributed by atoms with Gasteiger partial charge in [0.05, 0.1) is 0 Å². The third kappa shape index (κ3) is 4.08. The number of halogens is 2. The Kier molecular flexibility index (Phi) is 5.15. The van der Waals surface area contributed by atoms with E-state index in [1.54, 1.807) is 18.2 Å². The Morgan fingerprint density at radius 3 is 2.95 bits per heavy atom. The zero-order valence-electron chi connectivity index (χ0n) is 11.5. The lowest BCUT2D eigenvalue weighted by molar-refractivity contribution is -0.0504. The van der Waals surface area contributed by atoms with Gasteiger partial charge in [-0.05, 0) is 24.5 Å². The van der Waals surface area contributed by atoms with Gasteiger partial charge in [0, 0.05) is 26.7 Å². The van der Waals surface area contributed by atoms with Crippen LogP contribution in [0.15, 0.2) is 29.3 Å². The van der Waals surface area contributed by atoms with E-state index < -0.39 is 6.61 Å². The molecule has 0 amide bonds. The van der Waals surface area contributed by atoms with Crippen molar-refractivity contribution < 1.29 is 13.5 Å². The van der Waals surface area contributed by atoms with Crippen LogP contribution in [0.25, 0.3) is 0 Å². The number of alkyl halides is 2. The fourth-order valence-corrected chi connectivity index (χ4v) is 2.14. The zero-order chi connectivity index (χ0) is 14.4. The number of nitrogens with zero attached hydrogens (tertiary/aromatic N) is 2. The molecular formula is C14H19F2N3O. The predicted molar refractivity (Wildman–Crippen MR) is 74.3 cm³/mol. The van der Waals surface area contributed by atoms with Crippen molar-refractivity contribution in [2.75, 3.05) is 26.7 Å². The van der Waals surface area contributed by atoms with E-state index in [-0.39, 0.29) is 5.75 Å². The van der Waals surface area contributed by atoms with Crippen LogP contribution in [0, 0.1) is 0 Å². The van der Waals surface area contributed by atoms with Gasteiger partial charge in [-0.1, -0.05) is 18.2 Å². The number of rotatable bonds is 5. The zero-order valence-corrected chi connectivity index (χ0v) is 11.5. The minimum Gasteiger partial charge on any atom is -0.435 e. The molecule has 0 aromatic heterocycles. The molecule has 1 aromatic rings. The van der Waals surface area contributed by atoms with Crippen molar-refractivity contribution in [3.63, 3.8) is 0 Å². The molecule has 2 rings (SSSR count). The highest BCUT2D eigenvalue weighted by molar-refractivity contribution is 5.80. The smallest absolute Gasteiger partial charge is 0.387 e. The van der Waals surface area contributed by atoms with Crippen molar-refractivity contribution in [3.05, 3.63) is 29.8 Å². The summed E-state index contributed by atoms with van der Waals surface area (Å²) in [6, 6.07) is 6.86. The maximum Gasteiger partial charge on any atom is 0.387 e. The van der Waals surface area contributed by atoms with Crippen LogP contribution < -0.4 is 10.1 Å². The summed E-state index contributed by atoms with van der Waals surface area (Å²) in [5.41, 5.74) is 0.763. The van der Waals surface area contributed by atoms with E-state index in [9.17, 15) is 8.78 Å². The second kappa shape index (κ2) is 7.07. The average Bonchev–Trinajstić information content (AvgIpc) is 2.42. The predicted octanol–water partition coefficient (Wildman–Crippen LogP) is 2.11. The van der Waals surface area contributed by atoms with E-state index in [4.69, 9.17) is 0 Å². The van der Waals surface area contributed by atoms with Gasteiger partial charge in [0.15, 0.2) is 5.96 Å². The van der Waals surface area contributed by atoms with Crippen molar-refractivity contribution in [2.24, 2.45) is 4.99 Å². The van der Waals surface area contributed by atoms with E-state index in [1.165, 1.54) is 0 Å². The Bertz CT molecular complexity index is 465. The summed E-state index contributed by atoms with van der Waals surface area (Å²) in [5, 5.41) is 3.23. The van der Waals surface area contributed by atoms with Crippen LogP contribution in [0.1, 0.15) is 12.0 Å². The summed E-state index contributed by atoms with van der Waals surface area (Å²) >= 11 is 0. The van der Waals surface area contributed by atoms with Crippen LogP contribution in [-0.4, -0.2) is 44.2 Å². The first-order valence-corrected chi connectivity index (χ1v) is 6.69. The van der Waals surface area contributed by atoms with Gasteiger partial charge in [0.1, 0.15) is 5.75 Å². The second-order valence-electron chi connectivity index (χ2n) is 4.64. The van der Waals surface area contributed by atoms with Crippen LogP contribution in [-0.2, 0) is 6.42 Å². The Morgan fingerprint density at radius 1 is 1.40 bits per heavy atom. The van der Waals surface area contributed by atoms with Crippen LogP contribution in [0.4, 0.5) is 8.78 Å². The van der Waals surface area contributed by atoms with E-state index in [0.717, 1.165) is 31.0 Å². The summed E-state index contributed by atoms with van der Waals surface area (Å²) in [6.45, 7) is -0.348. The molecule has 20 heavy (non-hydrogen) atoms. The summed E-state index contributed by atoms with van der Waals surface area (Å²) in [6.07, 6.45) is 1.67. The maximum atomic E-state index is 12.3. The summed E-state index contributed by atoms with van der Waals surface area (Å²) in [5.74, 6) is 1.10. The number of guanidine groups is 1. The molecule has 0 unspecified atom stereocenters. The molecule has 0 atom stereocenters. The quantitative estimate of drug-likeness (QED) is 0.899. The van der Waals surface area contributed by atoms with Gasteiger partial charge in [-0.2, -0.15) is 8.78 Å². The molecule has 1 aliphatic rings. The van der Waals surface area contributed by atoms with Crippen LogP contribution in [0.5, 0.6) is 5.75 Å². The lowest BCUT2D eigenvalue weighted by Crippen LogP contribution is -2.42. The van der Waals surface area contributed by atoms with Gasteiger partial charge in [0.25, 0.3) is 0 Å². The van der Waals surface area contributed by atoms with Gasteiger partial charge in [-0.25, -0.2) is 0 Å². The minimum absolute atomic E-state index is 0.239. The fraction of sp³-hybridized carbons (Fsp3) is 0.500. The molecule has 0 aliphatic carbocycles. The van der Waals surface area contributed by atoms with Gasteiger partial charge in [0.2, 0.25) is 0 Å². The monoisotopic (exact) mass is 283 g/mol. The minimum atomic E-state index is -2.79. The number of ether oxygens (including phenoxy) is 1. The first kappa shape index (κ1) is 14.6. The Hall–Kier alpha value is -1.85. The van der Waals surface area contributed by atoms with Crippen molar-refractivity contribution in [1.82, 2.24) is 10.2 Å². The normalized spacial score (nSPS) is 15.2. The molecule has 1 N–H and O–H groups in total. The number of benzene rings is 1. The van der Waals surface area contributed by atoms with Crippen molar-refractivity contribution in [1.29, 1.82) is 0 Å². The molecule has 1 aliphatic heterocycles. The third-order valence-corrected chi connectivity index (χ3v) is 3.14. The molecule has 0 bridgehead atoms. The average molecular weight is 283 g/mol. The summed E-state index contributed by atoms with van der Waals surface area (Å²) in [7, 11) is 1.98. The van der Waals surface area contributed by atoms with E-state index in [2.05, 4.69) is 19.9 Å². The van der Waals surface area contributed by atoms with E-state index in [1.807, 2.05) is 13.1 Å². The van der Waals surface area contributed by atoms with Crippen molar-refractivity contribution in [2.45, 2.75) is 19.5 Å². The fourth-order valence-electron chi connectivity index (χ4n) is 2.14. The lowest BCUT2D eigenvalue weighted by atomic mass is 10.1. The molecule has 0 spiro atoms. The second-order valence-corrected chi connectivity index (χ2v) is 4.64. The number of aliphatic imine (C=N–C) groups is 1. The Balaban J connectivity index is 1.89. The first-order valence-electron chi connectivity index (χ1n) is 6.69. The Labute approximate surface area is 117 Å². The molecular weight excluding hydrogens is 264 g/mol. The van der Waals surface area contributed by atoms with Crippen molar-refractivity contribution >= 4 is 5.96 Å².